The minimum atomic E-state index is -3.54. The predicted octanol–water partition coefficient (Wildman–Crippen LogP) is -0.597. The van der Waals surface area contributed by atoms with E-state index in [1.54, 1.807) is 26.0 Å². The van der Waals surface area contributed by atoms with E-state index in [4.69, 9.17) is 30.0 Å². The van der Waals surface area contributed by atoms with Crippen molar-refractivity contribution in [2.75, 3.05) is 6.67 Å². The molecule has 1 saturated heterocycles. The van der Waals surface area contributed by atoms with Crippen molar-refractivity contribution in [2.45, 2.75) is 75.0 Å². The molecule has 40 heavy (non-hydrogen) atoms. The molecule has 0 spiro atoms. The van der Waals surface area contributed by atoms with Crippen LogP contribution in [-0.2, 0) is 36.3 Å². The van der Waals surface area contributed by atoms with Crippen LogP contribution in [0.2, 0.25) is 0 Å². The van der Waals surface area contributed by atoms with Gasteiger partial charge in [-0.25, -0.2) is 13.8 Å². The lowest BCUT2D eigenvalue weighted by Crippen LogP contribution is -2.51. The lowest BCUT2D eigenvalue weighted by Gasteiger charge is -2.32. The van der Waals surface area contributed by atoms with Gasteiger partial charge < -0.3 is 35.7 Å². The number of rotatable bonds is 11. The molecular weight excluding hydrogens is 554 g/mol. The molecule has 0 bridgehead atoms. The molecule has 2 unspecified atom stereocenters. The summed E-state index contributed by atoms with van der Waals surface area (Å²) in [5, 5.41) is 22.5. The Hall–Kier alpha value is -2.91. The van der Waals surface area contributed by atoms with E-state index in [9.17, 15) is 33.6 Å². The number of hydrogen-bond acceptors (Lipinski definition) is 12. The van der Waals surface area contributed by atoms with E-state index in [2.05, 4.69) is 0 Å². The molecule has 2 fully saturated rings. The maximum Gasteiger partial charge on any atom is 0.368 e. The van der Waals surface area contributed by atoms with Crippen LogP contribution in [0.3, 0.4) is 0 Å². The zero-order valence-corrected chi connectivity index (χ0v) is 23.0. The third-order valence-corrected chi connectivity index (χ3v) is 7.92. The van der Waals surface area contributed by atoms with E-state index in [0.717, 1.165) is 23.8 Å². The fourth-order valence-electron chi connectivity index (χ4n) is 5.00. The van der Waals surface area contributed by atoms with Gasteiger partial charge in [-0.1, -0.05) is 12.1 Å². The number of esters is 1. The molecule has 1 saturated carbocycles. The quantitative estimate of drug-likeness (QED) is 0.165. The molecule has 1 aromatic carbocycles. The van der Waals surface area contributed by atoms with E-state index >= 15 is 0 Å². The van der Waals surface area contributed by atoms with Crippen LogP contribution in [0, 0.1) is 0 Å². The summed E-state index contributed by atoms with van der Waals surface area (Å²) >= 11 is 0. The Bertz CT molecular complexity index is 1430. The molecule has 7 atom stereocenters. The number of nitrogens with zero attached hydrogens (tertiary/aromatic N) is 1. The van der Waals surface area contributed by atoms with Crippen LogP contribution in [0.25, 0.3) is 0 Å². The van der Waals surface area contributed by atoms with E-state index in [0.29, 0.717) is 11.1 Å². The number of aromatic amines is 1. The summed E-state index contributed by atoms with van der Waals surface area (Å²) in [4.78, 5) is 37.8. The Labute approximate surface area is 227 Å². The van der Waals surface area contributed by atoms with Crippen molar-refractivity contribution in [2.24, 2.45) is 11.5 Å². The molecule has 0 amide bonds. The van der Waals surface area contributed by atoms with Gasteiger partial charge in [0.1, 0.15) is 30.2 Å². The van der Waals surface area contributed by atoms with Crippen molar-refractivity contribution in [1.82, 2.24) is 9.55 Å². The van der Waals surface area contributed by atoms with E-state index in [1.807, 2.05) is 4.98 Å². The van der Waals surface area contributed by atoms with E-state index in [1.165, 1.54) is 6.07 Å². The average Bonchev–Trinajstić information content (AvgIpc) is 3.33. The molecule has 1 aliphatic heterocycles. The maximum absolute atomic E-state index is 14.3. The molecular formula is C24H32FN4O10P. The second-order valence-corrected chi connectivity index (χ2v) is 11.2. The normalized spacial score (nSPS) is 30.5. The van der Waals surface area contributed by atoms with Gasteiger partial charge >= 0.3 is 19.9 Å². The summed E-state index contributed by atoms with van der Waals surface area (Å²) < 4.78 is 49.6. The molecule has 2 aromatic rings. The molecule has 2 heterocycles. The molecule has 14 nitrogen and oxygen atoms in total. The van der Waals surface area contributed by atoms with Crippen molar-refractivity contribution >= 4 is 14.2 Å². The highest BCUT2D eigenvalue weighted by Gasteiger charge is 2.93. The van der Waals surface area contributed by atoms with Gasteiger partial charge in [0, 0.05) is 25.2 Å². The number of nitrogens with one attached hydrogen (secondary N) is 1. The standard InChI is InChI=1S/C24H32FN4O10P/c1-12(2)36-18(31)15(27)9-14-8-13(10-26)4-5-16(14)38-40(35)39-19-23(11-25)24(19,34)22(3,33)20(37-23)29-7-6-17(30)28-21(29)32/h4-8,12,15,19-20,33-34,40H,9-11,26-27H2,1-3H3,(H,28,30,32)/t15-,19?,20+,22-,23+,24-/m0/s1. The maximum atomic E-state index is 14.3. The Kier molecular flexibility index (Phi) is 8.13. The van der Waals surface area contributed by atoms with Crippen LogP contribution in [0.1, 0.15) is 38.1 Å². The minimum absolute atomic E-state index is 0.0336. The number of hydrogen-bond donors (Lipinski definition) is 5. The summed E-state index contributed by atoms with van der Waals surface area (Å²) in [5.74, 6) is -0.622. The molecule has 1 aliphatic carbocycles. The largest absolute Gasteiger partial charge is 0.462 e. The van der Waals surface area contributed by atoms with Crippen LogP contribution in [0.4, 0.5) is 4.39 Å². The Morgan fingerprint density at radius 1 is 1.30 bits per heavy atom. The first-order valence-electron chi connectivity index (χ1n) is 12.4. The van der Waals surface area contributed by atoms with Gasteiger partial charge in [0.2, 0.25) is 0 Å². The van der Waals surface area contributed by atoms with Crippen molar-refractivity contribution < 1.29 is 42.5 Å². The van der Waals surface area contributed by atoms with Crippen LogP contribution in [-0.4, -0.2) is 67.5 Å². The average molecular weight is 587 g/mol. The fraction of sp³-hybridized carbons (Fsp3) is 0.542. The first-order chi connectivity index (χ1) is 18.7. The summed E-state index contributed by atoms with van der Waals surface area (Å²) in [5.41, 5.74) is 4.10. The molecule has 220 valence electrons. The predicted molar refractivity (Wildman–Crippen MR) is 137 cm³/mol. The second-order valence-electron chi connectivity index (χ2n) is 10.2. The number of aromatic nitrogens is 2. The number of alkyl halides is 1. The molecule has 16 heteroatoms. The number of halogens is 1. The van der Waals surface area contributed by atoms with Crippen molar-refractivity contribution in [1.29, 1.82) is 0 Å². The Morgan fingerprint density at radius 2 is 2.00 bits per heavy atom. The zero-order valence-electron chi connectivity index (χ0n) is 22.0. The second kappa shape index (κ2) is 10.8. The molecule has 1 aromatic heterocycles. The number of carbonyl (C=O) groups excluding carboxylic acids is 1. The van der Waals surface area contributed by atoms with E-state index in [-0.39, 0.29) is 24.8 Å². The highest BCUT2D eigenvalue weighted by Crippen LogP contribution is 2.69. The molecule has 4 rings (SSSR count). The van der Waals surface area contributed by atoms with Gasteiger partial charge in [-0.2, -0.15) is 0 Å². The number of fused-ring (bicyclic) bond motifs is 1. The van der Waals surface area contributed by atoms with Gasteiger partial charge in [-0.3, -0.25) is 23.7 Å². The SMILES string of the molecule is CC(C)OC(=O)[C@@H](N)Cc1cc(CN)ccc1O[PH](=O)OC1[C@]2(O)[C@@](C)(O)[C@H](n3ccc(=O)[nH]c3=O)O[C@]12CF. The van der Waals surface area contributed by atoms with Gasteiger partial charge in [0.15, 0.2) is 17.4 Å². The Balaban J connectivity index is 1.53. The summed E-state index contributed by atoms with van der Waals surface area (Å²) in [7, 11) is -3.54. The number of aliphatic hydroxyl groups is 2. The molecule has 2 aliphatic rings. The van der Waals surface area contributed by atoms with Crippen LogP contribution in [0.15, 0.2) is 40.1 Å². The third kappa shape index (κ3) is 4.91. The minimum Gasteiger partial charge on any atom is -0.462 e. The lowest BCUT2D eigenvalue weighted by atomic mass is 9.94. The zero-order chi connectivity index (χ0) is 29.6. The summed E-state index contributed by atoms with van der Waals surface area (Å²) in [6.07, 6.45) is -2.67. The van der Waals surface area contributed by atoms with Crippen LogP contribution in [0.5, 0.6) is 5.75 Å². The lowest BCUT2D eigenvalue weighted by molar-refractivity contribution is -0.164. The monoisotopic (exact) mass is 586 g/mol. The third-order valence-electron chi connectivity index (χ3n) is 7.10. The highest BCUT2D eigenvalue weighted by atomic mass is 31.1. The van der Waals surface area contributed by atoms with Gasteiger partial charge in [-0.05, 0) is 38.0 Å². The Morgan fingerprint density at radius 3 is 2.58 bits per heavy atom. The van der Waals surface area contributed by atoms with Crippen LogP contribution >= 0.6 is 8.25 Å². The molecule has 7 N–H and O–H groups in total. The number of benzene rings is 1. The number of nitrogens with two attached hydrogens (primary N) is 2. The highest BCUT2D eigenvalue weighted by molar-refractivity contribution is 7.33. The fourth-order valence-corrected chi connectivity index (χ4v) is 5.98. The molecule has 0 radical (unpaired) electrons. The number of ether oxygens (including phenoxy) is 2. The summed E-state index contributed by atoms with van der Waals surface area (Å²) in [6.45, 7) is 3.22. The van der Waals surface area contributed by atoms with Crippen molar-refractivity contribution in [3.8, 4) is 5.75 Å². The summed E-state index contributed by atoms with van der Waals surface area (Å²) in [6, 6.07) is 4.56. The first kappa shape index (κ1) is 30.1. The van der Waals surface area contributed by atoms with Crippen molar-refractivity contribution in [3.05, 3.63) is 62.4 Å². The topological polar surface area (TPSA) is 218 Å². The van der Waals surface area contributed by atoms with Crippen molar-refractivity contribution in [3.63, 3.8) is 0 Å². The first-order valence-corrected chi connectivity index (χ1v) is 13.6. The number of carbonyl (C=O) groups is 1. The smallest absolute Gasteiger partial charge is 0.368 e. The van der Waals surface area contributed by atoms with Crippen LogP contribution < -0.4 is 27.2 Å². The van der Waals surface area contributed by atoms with Gasteiger partial charge in [0.25, 0.3) is 5.56 Å². The number of H-pyrrole nitrogens is 1. The van der Waals surface area contributed by atoms with Gasteiger partial charge in [0.05, 0.1) is 6.10 Å². The van der Waals surface area contributed by atoms with Gasteiger partial charge in [-0.15, -0.1) is 0 Å². The van der Waals surface area contributed by atoms with E-state index < -0.39 is 67.3 Å².